The lowest BCUT2D eigenvalue weighted by molar-refractivity contribution is -0.384. The van der Waals surface area contributed by atoms with Gasteiger partial charge in [0.05, 0.1) is 11.5 Å². The molecule has 0 fully saturated rings. The van der Waals surface area contributed by atoms with Gasteiger partial charge in [0, 0.05) is 17.7 Å². The zero-order valence-corrected chi connectivity index (χ0v) is 10.8. The number of hydrogen-bond acceptors (Lipinski definition) is 3. The molecule has 98 valence electrons. The van der Waals surface area contributed by atoms with E-state index in [0.29, 0.717) is 12.5 Å². The number of aliphatic imine (C=N–C) groups is 1. The quantitative estimate of drug-likeness (QED) is 0.370. The summed E-state index contributed by atoms with van der Waals surface area (Å²) in [6, 6.07) is 6.36. The van der Waals surface area contributed by atoms with E-state index in [-0.39, 0.29) is 11.2 Å². The van der Waals surface area contributed by atoms with Crippen LogP contribution in [0.4, 0.5) is 5.69 Å². The van der Waals surface area contributed by atoms with Gasteiger partial charge in [0.2, 0.25) is 0 Å². The molecule has 0 heterocycles. The highest BCUT2D eigenvalue weighted by atomic mass is 16.6. The zero-order valence-electron chi connectivity index (χ0n) is 10.8. The van der Waals surface area contributed by atoms with Crippen molar-refractivity contribution in [2.45, 2.75) is 32.9 Å². The summed E-state index contributed by atoms with van der Waals surface area (Å²) in [5.74, 6) is 0.328. The molecule has 1 rings (SSSR count). The van der Waals surface area contributed by atoms with Gasteiger partial charge in [-0.1, -0.05) is 12.1 Å². The maximum Gasteiger partial charge on any atom is 0.269 e. The van der Waals surface area contributed by atoms with Crippen molar-refractivity contribution in [3.05, 3.63) is 39.9 Å². The van der Waals surface area contributed by atoms with Gasteiger partial charge in [0.1, 0.15) is 0 Å². The number of nitro groups is 1. The Balaban J connectivity index is 2.71. The van der Waals surface area contributed by atoms with Crippen LogP contribution in [0.2, 0.25) is 0 Å². The van der Waals surface area contributed by atoms with E-state index in [9.17, 15) is 10.1 Å². The molecule has 0 atom stereocenters. The molecule has 0 aliphatic rings. The second-order valence-electron chi connectivity index (χ2n) is 5.00. The summed E-state index contributed by atoms with van der Waals surface area (Å²) >= 11 is 0. The Morgan fingerprint density at radius 3 is 2.72 bits per heavy atom. The van der Waals surface area contributed by atoms with Crippen LogP contribution in [-0.4, -0.2) is 16.4 Å². The number of nitrogens with one attached hydrogen (secondary N) is 1. The largest absolute Gasteiger partial charge is 0.370 e. The first kappa shape index (κ1) is 14.0. The average molecular weight is 250 g/mol. The third kappa shape index (κ3) is 4.82. The highest BCUT2D eigenvalue weighted by Crippen LogP contribution is 2.13. The van der Waals surface area contributed by atoms with Crippen molar-refractivity contribution in [3.63, 3.8) is 0 Å². The Kier molecular flexibility index (Phi) is 4.25. The van der Waals surface area contributed by atoms with Gasteiger partial charge in [-0.25, -0.2) is 4.99 Å². The summed E-state index contributed by atoms with van der Waals surface area (Å²) in [6.07, 6.45) is 0. The molecule has 0 aliphatic carbocycles. The minimum atomic E-state index is -0.427. The number of nitrogens with zero attached hydrogens (tertiary/aromatic N) is 2. The number of nitrogens with two attached hydrogens (primary N) is 1. The molecular formula is C12H18N4O2. The predicted octanol–water partition coefficient (Wildman–Crippen LogP) is 1.80. The van der Waals surface area contributed by atoms with E-state index in [1.54, 1.807) is 12.1 Å². The van der Waals surface area contributed by atoms with Crippen LogP contribution in [0.1, 0.15) is 26.3 Å². The molecule has 3 N–H and O–H groups in total. The molecule has 0 amide bonds. The summed E-state index contributed by atoms with van der Waals surface area (Å²) in [7, 11) is 0. The van der Waals surface area contributed by atoms with Crippen molar-refractivity contribution in [2.75, 3.05) is 0 Å². The molecule has 0 saturated heterocycles. The Morgan fingerprint density at radius 1 is 1.50 bits per heavy atom. The number of nitro benzene ring substituents is 1. The van der Waals surface area contributed by atoms with Crippen molar-refractivity contribution in [1.29, 1.82) is 0 Å². The third-order valence-electron chi connectivity index (χ3n) is 2.06. The van der Waals surface area contributed by atoms with Crippen LogP contribution in [-0.2, 0) is 6.54 Å². The van der Waals surface area contributed by atoms with E-state index >= 15 is 0 Å². The molecule has 0 radical (unpaired) electrons. The average Bonchev–Trinajstić information content (AvgIpc) is 2.24. The van der Waals surface area contributed by atoms with Gasteiger partial charge in [-0.3, -0.25) is 10.1 Å². The number of guanidine groups is 1. The van der Waals surface area contributed by atoms with Crippen molar-refractivity contribution < 1.29 is 4.92 Å². The standard InChI is InChI=1S/C12H18N4O2/c1-12(2,3)15-11(13)14-8-9-5-4-6-10(7-9)16(17)18/h4-7H,8H2,1-3H3,(H3,13,14,15). The lowest BCUT2D eigenvalue weighted by atomic mass is 10.1. The molecular weight excluding hydrogens is 232 g/mol. The minimum Gasteiger partial charge on any atom is -0.370 e. The summed E-state index contributed by atoms with van der Waals surface area (Å²) in [5.41, 5.74) is 6.37. The Morgan fingerprint density at radius 2 is 2.17 bits per heavy atom. The molecule has 0 aliphatic heterocycles. The van der Waals surface area contributed by atoms with Gasteiger partial charge >= 0.3 is 0 Å². The maximum absolute atomic E-state index is 10.6. The molecule has 0 aromatic heterocycles. The Labute approximate surface area is 106 Å². The van der Waals surface area contributed by atoms with E-state index in [1.165, 1.54) is 12.1 Å². The minimum absolute atomic E-state index is 0.0602. The van der Waals surface area contributed by atoms with Crippen LogP contribution in [0.15, 0.2) is 29.3 Å². The van der Waals surface area contributed by atoms with Crippen molar-refractivity contribution in [1.82, 2.24) is 5.32 Å². The summed E-state index contributed by atoms with van der Waals surface area (Å²) < 4.78 is 0. The van der Waals surface area contributed by atoms with Gasteiger partial charge in [-0.15, -0.1) is 0 Å². The molecule has 0 bridgehead atoms. The number of non-ortho nitro benzene ring substituents is 1. The van der Waals surface area contributed by atoms with Crippen molar-refractivity contribution in [2.24, 2.45) is 10.7 Å². The van der Waals surface area contributed by atoms with E-state index < -0.39 is 4.92 Å². The first-order chi connectivity index (χ1) is 8.28. The molecule has 0 unspecified atom stereocenters. The molecule has 6 heteroatoms. The van der Waals surface area contributed by atoms with Crippen LogP contribution >= 0.6 is 0 Å². The predicted molar refractivity (Wildman–Crippen MR) is 71.3 cm³/mol. The van der Waals surface area contributed by atoms with Crippen LogP contribution in [0, 0.1) is 10.1 Å². The van der Waals surface area contributed by atoms with Crippen molar-refractivity contribution in [3.8, 4) is 0 Å². The molecule has 18 heavy (non-hydrogen) atoms. The van der Waals surface area contributed by atoms with Gasteiger partial charge < -0.3 is 11.1 Å². The smallest absolute Gasteiger partial charge is 0.269 e. The first-order valence-corrected chi connectivity index (χ1v) is 5.59. The molecule has 0 saturated carbocycles. The van der Waals surface area contributed by atoms with Gasteiger partial charge in [0.25, 0.3) is 5.69 Å². The summed E-state index contributed by atoms with van der Waals surface area (Å²) in [5, 5.41) is 13.6. The molecule has 1 aromatic carbocycles. The lowest BCUT2D eigenvalue weighted by Crippen LogP contribution is -2.44. The maximum atomic E-state index is 10.6. The number of benzene rings is 1. The van der Waals surface area contributed by atoms with E-state index in [4.69, 9.17) is 5.73 Å². The highest BCUT2D eigenvalue weighted by Gasteiger charge is 2.10. The van der Waals surface area contributed by atoms with E-state index in [2.05, 4.69) is 10.3 Å². The first-order valence-electron chi connectivity index (χ1n) is 5.59. The van der Waals surface area contributed by atoms with E-state index in [1.807, 2.05) is 20.8 Å². The summed E-state index contributed by atoms with van der Waals surface area (Å²) in [4.78, 5) is 14.3. The molecule has 1 aromatic rings. The number of rotatable bonds is 3. The van der Waals surface area contributed by atoms with E-state index in [0.717, 1.165) is 5.56 Å². The SMILES string of the molecule is CC(C)(C)NC(N)=NCc1cccc([N+](=O)[O-])c1. The van der Waals surface area contributed by atoms with Gasteiger partial charge in [-0.2, -0.15) is 0 Å². The number of hydrogen-bond donors (Lipinski definition) is 2. The summed E-state index contributed by atoms with van der Waals surface area (Å²) in [6.45, 7) is 6.24. The lowest BCUT2D eigenvalue weighted by Gasteiger charge is -2.20. The van der Waals surface area contributed by atoms with Gasteiger partial charge in [0.15, 0.2) is 5.96 Å². The van der Waals surface area contributed by atoms with Crippen LogP contribution < -0.4 is 11.1 Å². The topological polar surface area (TPSA) is 93.5 Å². The Hall–Kier alpha value is -2.11. The molecule has 0 spiro atoms. The normalized spacial score (nSPS) is 12.3. The highest BCUT2D eigenvalue weighted by molar-refractivity contribution is 5.78. The van der Waals surface area contributed by atoms with Crippen LogP contribution in [0.5, 0.6) is 0 Å². The monoisotopic (exact) mass is 250 g/mol. The second kappa shape index (κ2) is 5.48. The second-order valence-corrected chi connectivity index (χ2v) is 5.00. The third-order valence-corrected chi connectivity index (χ3v) is 2.06. The fraction of sp³-hybridized carbons (Fsp3) is 0.417. The Bertz CT molecular complexity index is 463. The fourth-order valence-corrected chi connectivity index (χ4v) is 1.37. The van der Waals surface area contributed by atoms with Crippen LogP contribution in [0.3, 0.4) is 0 Å². The van der Waals surface area contributed by atoms with Crippen LogP contribution in [0.25, 0.3) is 0 Å². The van der Waals surface area contributed by atoms with Crippen molar-refractivity contribution >= 4 is 11.6 Å². The zero-order chi connectivity index (χ0) is 13.8. The molecule has 6 nitrogen and oxygen atoms in total. The van der Waals surface area contributed by atoms with Gasteiger partial charge in [-0.05, 0) is 26.3 Å². The fourth-order valence-electron chi connectivity index (χ4n) is 1.37.